The van der Waals surface area contributed by atoms with Crippen LogP contribution in [0.3, 0.4) is 0 Å². The molecule has 1 amide bonds. The Bertz CT molecular complexity index is 897. The molecule has 0 bridgehead atoms. The molecule has 2 aliphatic heterocycles. The van der Waals surface area contributed by atoms with Gasteiger partial charge in [-0.25, -0.2) is 13.1 Å². The first-order valence-corrected chi connectivity index (χ1v) is 10.6. The molecule has 4 rings (SSSR count). The number of carbonyl (C=O) groups is 1. The Kier molecular flexibility index (Phi) is 4.29. The highest BCUT2D eigenvalue weighted by Crippen LogP contribution is 2.42. The molecule has 8 heteroatoms. The summed E-state index contributed by atoms with van der Waals surface area (Å²) in [6.07, 6.45) is 2.75. The Labute approximate surface area is 152 Å². The van der Waals surface area contributed by atoms with Gasteiger partial charge in [0.1, 0.15) is 11.2 Å². The molecule has 1 aromatic heterocycles. The SMILES string of the molecule is CS(=O)(=O)NCCC1CCOC12CN(C(=O)c1cc3ccccc3o1)C2. The third kappa shape index (κ3) is 3.24. The minimum atomic E-state index is -3.18. The Morgan fingerprint density at radius 1 is 1.35 bits per heavy atom. The van der Waals surface area contributed by atoms with Crippen LogP contribution in [0.1, 0.15) is 23.4 Å². The number of hydrogen-bond acceptors (Lipinski definition) is 5. The second-order valence-electron chi connectivity index (χ2n) is 7.16. The van der Waals surface area contributed by atoms with Crippen molar-refractivity contribution < 1.29 is 22.4 Å². The predicted molar refractivity (Wildman–Crippen MR) is 96.4 cm³/mol. The molecular weight excluding hydrogens is 356 g/mol. The number of nitrogens with zero attached hydrogens (tertiary/aromatic N) is 1. The van der Waals surface area contributed by atoms with Crippen molar-refractivity contribution in [3.63, 3.8) is 0 Å². The minimum Gasteiger partial charge on any atom is -0.451 e. The van der Waals surface area contributed by atoms with Crippen LogP contribution in [0.5, 0.6) is 0 Å². The fourth-order valence-electron chi connectivity index (χ4n) is 3.95. The summed E-state index contributed by atoms with van der Waals surface area (Å²) in [4.78, 5) is 14.4. The summed E-state index contributed by atoms with van der Waals surface area (Å²) in [5.74, 6) is 0.459. The van der Waals surface area contributed by atoms with E-state index in [2.05, 4.69) is 4.72 Å². The molecule has 1 spiro atoms. The van der Waals surface area contributed by atoms with Crippen molar-refractivity contribution in [2.45, 2.75) is 18.4 Å². The monoisotopic (exact) mass is 378 g/mol. The molecule has 2 saturated heterocycles. The van der Waals surface area contributed by atoms with Crippen LogP contribution in [0.4, 0.5) is 0 Å². The van der Waals surface area contributed by atoms with Gasteiger partial charge in [0.2, 0.25) is 10.0 Å². The van der Waals surface area contributed by atoms with Crippen LogP contribution in [0.25, 0.3) is 11.0 Å². The number of para-hydroxylation sites is 1. The number of rotatable bonds is 5. The Morgan fingerprint density at radius 3 is 2.85 bits per heavy atom. The molecule has 0 saturated carbocycles. The number of hydrogen-bond donors (Lipinski definition) is 1. The summed E-state index contributed by atoms with van der Waals surface area (Å²) in [6, 6.07) is 9.31. The van der Waals surface area contributed by atoms with E-state index in [0.29, 0.717) is 44.0 Å². The highest BCUT2D eigenvalue weighted by Gasteiger charge is 2.54. The lowest BCUT2D eigenvalue weighted by atomic mass is 9.79. The lowest BCUT2D eigenvalue weighted by Gasteiger charge is -2.50. The van der Waals surface area contributed by atoms with E-state index in [4.69, 9.17) is 9.15 Å². The molecule has 1 atom stereocenters. The van der Waals surface area contributed by atoms with Gasteiger partial charge < -0.3 is 14.1 Å². The smallest absolute Gasteiger partial charge is 0.289 e. The van der Waals surface area contributed by atoms with E-state index in [0.717, 1.165) is 18.1 Å². The molecule has 7 nitrogen and oxygen atoms in total. The quantitative estimate of drug-likeness (QED) is 0.854. The average molecular weight is 378 g/mol. The van der Waals surface area contributed by atoms with Crippen molar-refractivity contribution in [3.05, 3.63) is 36.1 Å². The first-order chi connectivity index (χ1) is 12.4. The van der Waals surface area contributed by atoms with Crippen molar-refractivity contribution in [1.82, 2.24) is 9.62 Å². The Hall–Kier alpha value is -1.90. The number of likely N-dealkylation sites (tertiary alicyclic amines) is 1. The Morgan fingerprint density at radius 2 is 2.12 bits per heavy atom. The van der Waals surface area contributed by atoms with Crippen molar-refractivity contribution in [2.75, 3.05) is 32.5 Å². The zero-order chi connectivity index (χ0) is 18.4. The average Bonchev–Trinajstić information content (AvgIpc) is 3.15. The maximum Gasteiger partial charge on any atom is 0.289 e. The van der Waals surface area contributed by atoms with Crippen LogP contribution >= 0.6 is 0 Å². The van der Waals surface area contributed by atoms with Crippen molar-refractivity contribution in [3.8, 4) is 0 Å². The predicted octanol–water partition coefficient (Wildman–Crippen LogP) is 1.60. The van der Waals surface area contributed by atoms with E-state index in [1.165, 1.54) is 0 Å². The van der Waals surface area contributed by atoms with E-state index >= 15 is 0 Å². The van der Waals surface area contributed by atoms with Gasteiger partial charge in [-0.3, -0.25) is 4.79 Å². The molecule has 2 aliphatic rings. The van der Waals surface area contributed by atoms with Crippen molar-refractivity contribution >= 4 is 26.9 Å². The highest BCUT2D eigenvalue weighted by molar-refractivity contribution is 7.88. The molecule has 140 valence electrons. The summed E-state index contributed by atoms with van der Waals surface area (Å²) < 4.78 is 36.6. The van der Waals surface area contributed by atoms with Crippen LogP contribution < -0.4 is 4.72 Å². The van der Waals surface area contributed by atoms with E-state index in [1.54, 1.807) is 11.0 Å². The van der Waals surface area contributed by atoms with Crippen LogP contribution in [0.15, 0.2) is 34.7 Å². The largest absolute Gasteiger partial charge is 0.451 e. The van der Waals surface area contributed by atoms with E-state index < -0.39 is 10.0 Å². The zero-order valence-corrected chi connectivity index (χ0v) is 15.4. The fourth-order valence-corrected chi connectivity index (χ4v) is 4.44. The molecule has 3 heterocycles. The molecule has 2 fully saturated rings. The van der Waals surface area contributed by atoms with Crippen molar-refractivity contribution in [2.24, 2.45) is 5.92 Å². The number of benzene rings is 1. The van der Waals surface area contributed by atoms with E-state index in [9.17, 15) is 13.2 Å². The van der Waals surface area contributed by atoms with E-state index in [1.807, 2.05) is 24.3 Å². The van der Waals surface area contributed by atoms with Gasteiger partial charge in [0.25, 0.3) is 5.91 Å². The third-order valence-electron chi connectivity index (χ3n) is 5.30. The molecular formula is C18H22N2O5S. The first kappa shape index (κ1) is 17.5. The van der Waals surface area contributed by atoms with Crippen molar-refractivity contribution in [1.29, 1.82) is 0 Å². The molecule has 1 aromatic carbocycles. The molecule has 1 N–H and O–H groups in total. The lowest BCUT2D eigenvalue weighted by Crippen LogP contribution is -2.66. The second kappa shape index (κ2) is 6.37. The van der Waals surface area contributed by atoms with Gasteiger partial charge in [0, 0.05) is 18.5 Å². The van der Waals surface area contributed by atoms with Gasteiger partial charge in [-0.1, -0.05) is 18.2 Å². The lowest BCUT2D eigenvalue weighted by molar-refractivity contribution is -0.118. The van der Waals surface area contributed by atoms with E-state index in [-0.39, 0.29) is 17.4 Å². The van der Waals surface area contributed by atoms with Crippen LogP contribution in [0, 0.1) is 5.92 Å². The molecule has 1 unspecified atom stereocenters. The minimum absolute atomic E-state index is 0.129. The molecule has 26 heavy (non-hydrogen) atoms. The van der Waals surface area contributed by atoms with Gasteiger partial charge in [0.05, 0.1) is 19.3 Å². The highest BCUT2D eigenvalue weighted by atomic mass is 32.2. The third-order valence-corrected chi connectivity index (χ3v) is 6.03. The molecule has 2 aromatic rings. The maximum absolute atomic E-state index is 12.7. The number of amides is 1. The van der Waals surface area contributed by atoms with Gasteiger partial charge in [-0.05, 0) is 30.9 Å². The number of nitrogens with one attached hydrogen (secondary N) is 1. The standard InChI is InChI=1S/C18H22N2O5S/c1-26(22,23)19-8-6-14-7-9-24-18(14)11-20(12-18)17(21)16-10-13-4-2-3-5-15(13)25-16/h2-5,10,14,19H,6-9,11-12H2,1H3. The molecule has 0 aliphatic carbocycles. The summed E-state index contributed by atoms with van der Waals surface area (Å²) in [6.45, 7) is 2.08. The number of ether oxygens (including phenoxy) is 1. The van der Waals surface area contributed by atoms with Gasteiger partial charge >= 0.3 is 0 Å². The van der Waals surface area contributed by atoms with Crippen LogP contribution in [-0.4, -0.2) is 57.3 Å². The second-order valence-corrected chi connectivity index (χ2v) is 9.00. The number of fused-ring (bicyclic) bond motifs is 1. The number of furan rings is 1. The molecule has 0 radical (unpaired) electrons. The topological polar surface area (TPSA) is 88.9 Å². The van der Waals surface area contributed by atoms with Gasteiger partial charge in [-0.2, -0.15) is 0 Å². The fraction of sp³-hybridized carbons (Fsp3) is 0.500. The normalized spacial score (nSPS) is 22.0. The Balaban J connectivity index is 1.39. The maximum atomic E-state index is 12.7. The summed E-state index contributed by atoms with van der Waals surface area (Å²) in [5.41, 5.74) is 0.355. The van der Waals surface area contributed by atoms with Gasteiger partial charge in [-0.15, -0.1) is 0 Å². The zero-order valence-electron chi connectivity index (χ0n) is 14.6. The first-order valence-electron chi connectivity index (χ1n) is 8.73. The van der Waals surface area contributed by atoms with Crippen LogP contribution in [-0.2, 0) is 14.8 Å². The summed E-state index contributed by atoms with van der Waals surface area (Å²) in [7, 11) is -3.18. The summed E-state index contributed by atoms with van der Waals surface area (Å²) in [5, 5.41) is 0.910. The summed E-state index contributed by atoms with van der Waals surface area (Å²) >= 11 is 0. The van der Waals surface area contributed by atoms with Gasteiger partial charge in [0.15, 0.2) is 5.76 Å². The number of carbonyl (C=O) groups excluding carboxylic acids is 1. The number of sulfonamides is 1. The van der Waals surface area contributed by atoms with Crippen LogP contribution in [0.2, 0.25) is 0 Å².